The third-order valence-corrected chi connectivity index (χ3v) is 3.96. The highest BCUT2D eigenvalue weighted by Gasteiger charge is 2.10. The molecule has 0 spiro atoms. The summed E-state index contributed by atoms with van der Waals surface area (Å²) in [6.45, 7) is 2.90. The number of guanidine groups is 1. The number of rotatable bonds is 5. The van der Waals surface area contributed by atoms with Crippen LogP contribution < -0.4 is 10.6 Å². The van der Waals surface area contributed by atoms with Crippen molar-refractivity contribution in [2.75, 3.05) is 26.0 Å². The summed E-state index contributed by atoms with van der Waals surface area (Å²) >= 11 is 0. The van der Waals surface area contributed by atoms with E-state index in [1.54, 1.807) is 19.2 Å². The lowest BCUT2D eigenvalue weighted by Gasteiger charge is -2.22. The molecule has 0 saturated heterocycles. The maximum Gasteiger partial charge on any atom is 0.243 e. The molecular weight excluding hydrogens is 451 g/mol. The van der Waals surface area contributed by atoms with Crippen molar-refractivity contribution < 1.29 is 4.79 Å². The maximum absolute atomic E-state index is 12.2. The third-order valence-electron chi connectivity index (χ3n) is 3.96. The minimum Gasteiger partial charge on any atom is -0.347 e. The predicted octanol–water partition coefficient (Wildman–Crippen LogP) is 3.24. The molecule has 1 amide bonds. The summed E-state index contributed by atoms with van der Waals surface area (Å²) in [6, 6.07) is 15.4. The van der Waals surface area contributed by atoms with Gasteiger partial charge in [0.25, 0.3) is 0 Å². The van der Waals surface area contributed by atoms with E-state index in [2.05, 4.69) is 40.6 Å². The van der Waals surface area contributed by atoms with Gasteiger partial charge in [-0.25, -0.2) is 0 Å². The van der Waals surface area contributed by atoms with Crippen molar-refractivity contribution in [3.63, 3.8) is 0 Å². The number of terminal acetylenes is 1. The number of hydrogen-bond acceptors (Lipinski definition) is 2. The van der Waals surface area contributed by atoms with E-state index < -0.39 is 0 Å². The summed E-state index contributed by atoms with van der Waals surface area (Å²) in [5.41, 5.74) is 3.84. The summed E-state index contributed by atoms with van der Waals surface area (Å²) in [6.07, 6.45) is 5.38. The molecule has 0 aliphatic carbocycles. The van der Waals surface area contributed by atoms with E-state index >= 15 is 0 Å². The molecule has 2 aromatic rings. The lowest BCUT2D eigenvalue weighted by Crippen LogP contribution is -2.42. The van der Waals surface area contributed by atoms with Gasteiger partial charge in [0.1, 0.15) is 0 Å². The lowest BCUT2D eigenvalue weighted by molar-refractivity contribution is -0.115. The molecule has 0 bridgehead atoms. The monoisotopic (exact) mass is 476 g/mol. The molecule has 6 heteroatoms. The van der Waals surface area contributed by atoms with Crippen LogP contribution >= 0.6 is 24.0 Å². The molecule has 0 aliphatic heterocycles. The van der Waals surface area contributed by atoms with E-state index in [4.69, 9.17) is 6.42 Å². The Hall–Kier alpha value is -2.53. The quantitative estimate of drug-likeness (QED) is 0.302. The van der Waals surface area contributed by atoms with Gasteiger partial charge in [0.15, 0.2) is 5.96 Å². The van der Waals surface area contributed by atoms with E-state index in [-0.39, 0.29) is 36.4 Å². The standard InChI is InChI=1S/C21H24N4O.HI/c1-5-17-10-8-12-19(13-17)24-20(26)14-23-21(22-3)25(4)15-18-11-7-6-9-16(18)2;/h1,6-13H,14-15H2,2-4H3,(H,22,23)(H,24,26);1H. The van der Waals surface area contributed by atoms with Crippen LogP contribution in [-0.2, 0) is 11.3 Å². The van der Waals surface area contributed by atoms with Gasteiger partial charge in [-0.15, -0.1) is 30.4 Å². The molecule has 27 heavy (non-hydrogen) atoms. The van der Waals surface area contributed by atoms with Gasteiger partial charge in [-0.3, -0.25) is 9.79 Å². The Labute approximate surface area is 178 Å². The highest BCUT2D eigenvalue weighted by molar-refractivity contribution is 14.0. The topological polar surface area (TPSA) is 56.7 Å². The first kappa shape index (κ1) is 22.5. The second-order valence-corrected chi connectivity index (χ2v) is 5.96. The Kier molecular flexibility index (Phi) is 9.37. The number of nitrogens with one attached hydrogen (secondary N) is 2. The van der Waals surface area contributed by atoms with Crippen molar-refractivity contribution in [1.29, 1.82) is 0 Å². The van der Waals surface area contributed by atoms with Gasteiger partial charge in [-0.05, 0) is 36.2 Å². The van der Waals surface area contributed by atoms with Gasteiger partial charge < -0.3 is 15.5 Å². The molecule has 0 heterocycles. The van der Waals surface area contributed by atoms with E-state index in [1.807, 2.05) is 36.2 Å². The lowest BCUT2D eigenvalue weighted by atomic mass is 10.1. The van der Waals surface area contributed by atoms with Crippen molar-refractivity contribution >= 4 is 41.5 Å². The first-order valence-corrected chi connectivity index (χ1v) is 8.36. The highest BCUT2D eigenvalue weighted by atomic mass is 127. The summed E-state index contributed by atoms with van der Waals surface area (Å²) < 4.78 is 0. The van der Waals surface area contributed by atoms with Crippen molar-refractivity contribution in [2.24, 2.45) is 4.99 Å². The van der Waals surface area contributed by atoms with Crippen molar-refractivity contribution in [3.8, 4) is 12.3 Å². The van der Waals surface area contributed by atoms with Crippen LogP contribution in [0.4, 0.5) is 5.69 Å². The average Bonchev–Trinajstić information content (AvgIpc) is 2.64. The zero-order valence-electron chi connectivity index (χ0n) is 15.8. The number of halogens is 1. The molecule has 0 aromatic heterocycles. The van der Waals surface area contributed by atoms with Crippen LogP contribution in [0.2, 0.25) is 0 Å². The normalized spacial score (nSPS) is 10.4. The van der Waals surface area contributed by atoms with Gasteiger partial charge in [-0.1, -0.05) is 36.3 Å². The number of benzene rings is 2. The highest BCUT2D eigenvalue weighted by Crippen LogP contribution is 2.10. The fourth-order valence-electron chi connectivity index (χ4n) is 2.55. The number of hydrogen-bond donors (Lipinski definition) is 2. The molecule has 2 rings (SSSR count). The first-order valence-electron chi connectivity index (χ1n) is 8.36. The molecule has 0 saturated carbocycles. The molecule has 0 atom stereocenters. The van der Waals surface area contributed by atoms with E-state index in [9.17, 15) is 4.79 Å². The van der Waals surface area contributed by atoms with E-state index in [1.165, 1.54) is 11.1 Å². The van der Waals surface area contributed by atoms with E-state index in [0.29, 0.717) is 18.2 Å². The molecule has 2 aromatic carbocycles. The number of nitrogens with zero attached hydrogens (tertiary/aromatic N) is 2. The second-order valence-electron chi connectivity index (χ2n) is 5.96. The van der Waals surface area contributed by atoms with E-state index in [0.717, 1.165) is 5.56 Å². The minimum absolute atomic E-state index is 0. The smallest absolute Gasteiger partial charge is 0.243 e. The van der Waals surface area contributed by atoms with Crippen molar-refractivity contribution in [1.82, 2.24) is 10.2 Å². The van der Waals surface area contributed by atoms with Crippen LogP contribution in [0.15, 0.2) is 53.5 Å². The number of carbonyl (C=O) groups is 1. The fraction of sp³-hybridized carbons (Fsp3) is 0.238. The molecular formula is C21H25IN4O. The van der Waals surface area contributed by atoms with Crippen LogP contribution in [0, 0.1) is 19.3 Å². The molecule has 0 fully saturated rings. The Morgan fingerprint density at radius 1 is 1.22 bits per heavy atom. The van der Waals surface area contributed by atoms with Gasteiger partial charge in [-0.2, -0.15) is 0 Å². The number of aliphatic imine (C=N–C) groups is 1. The molecule has 142 valence electrons. The Bertz CT molecular complexity index is 842. The summed E-state index contributed by atoms with van der Waals surface area (Å²) in [7, 11) is 3.64. The number of aryl methyl sites for hydroxylation is 1. The fourth-order valence-corrected chi connectivity index (χ4v) is 2.55. The summed E-state index contributed by atoms with van der Waals surface area (Å²) in [5.74, 6) is 3.04. The van der Waals surface area contributed by atoms with Gasteiger partial charge >= 0.3 is 0 Å². The van der Waals surface area contributed by atoms with Crippen molar-refractivity contribution in [2.45, 2.75) is 13.5 Å². The largest absolute Gasteiger partial charge is 0.347 e. The van der Waals surface area contributed by atoms with Crippen molar-refractivity contribution in [3.05, 3.63) is 65.2 Å². The predicted molar refractivity (Wildman–Crippen MR) is 122 cm³/mol. The number of carbonyl (C=O) groups excluding carboxylic acids is 1. The average molecular weight is 476 g/mol. The minimum atomic E-state index is -0.162. The molecule has 5 nitrogen and oxygen atoms in total. The first-order chi connectivity index (χ1) is 12.5. The zero-order chi connectivity index (χ0) is 18.9. The summed E-state index contributed by atoms with van der Waals surface area (Å²) in [4.78, 5) is 18.4. The van der Waals surface area contributed by atoms with Crippen LogP contribution in [0.1, 0.15) is 16.7 Å². The number of amides is 1. The summed E-state index contributed by atoms with van der Waals surface area (Å²) in [5, 5.41) is 5.90. The Morgan fingerprint density at radius 2 is 1.96 bits per heavy atom. The number of anilines is 1. The molecule has 0 aliphatic rings. The third kappa shape index (κ3) is 6.94. The second kappa shape index (κ2) is 11.2. The van der Waals surface area contributed by atoms with Gasteiger partial charge in [0.05, 0.1) is 6.54 Å². The Morgan fingerprint density at radius 3 is 2.63 bits per heavy atom. The molecule has 0 unspecified atom stereocenters. The molecule has 2 N–H and O–H groups in total. The Balaban J connectivity index is 0.00000364. The van der Waals surface area contributed by atoms with Crippen LogP contribution in [0.5, 0.6) is 0 Å². The van der Waals surface area contributed by atoms with Crippen LogP contribution in [0.3, 0.4) is 0 Å². The maximum atomic E-state index is 12.2. The van der Waals surface area contributed by atoms with Crippen LogP contribution in [0.25, 0.3) is 0 Å². The SMILES string of the molecule is C#Cc1cccc(NC(=O)CNC(=NC)N(C)Cc2ccccc2C)c1.I. The zero-order valence-corrected chi connectivity index (χ0v) is 18.2. The van der Waals surface area contributed by atoms with Gasteiger partial charge in [0.2, 0.25) is 5.91 Å². The van der Waals surface area contributed by atoms with Crippen LogP contribution in [-0.4, -0.2) is 37.4 Å². The molecule has 0 radical (unpaired) electrons. The van der Waals surface area contributed by atoms with Gasteiger partial charge in [0, 0.05) is 31.9 Å².